The van der Waals surface area contributed by atoms with E-state index >= 15 is 0 Å². The lowest BCUT2D eigenvalue weighted by Crippen LogP contribution is -2.45. The minimum Gasteiger partial charge on any atom is -0.378 e. The molecule has 2 heterocycles. The highest BCUT2D eigenvalue weighted by atomic mass is 16.5. The van der Waals surface area contributed by atoms with Crippen molar-refractivity contribution in [2.75, 3.05) is 26.9 Å². The molecular formula is C15H18N2O3. The molecule has 0 bridgehead atoms. The van der Waals surface area contributed by atoms with Crippen LogP contribution in [0.5, 0.6) is 0 Å². The first-order valence-corrected chi connectivity index (χ1v) is 6.71. The normalized spacial score (nSPS) is 22.2. The summed E-state index contributed by atoms with van der Waals surface area (Å²) >= 11 is 0. The van der Waals surface area contributed by atoms with Crippen LogP contribution in [-0.2, 0) is 9.47 Å². The first-order valence-electron chi connectivity index (χ1n) is 6.71. The number of fused-ring (bicyclic) bond motifs is 1. The van der Waals surface area contributed by atoms with E-state index in [2.05, 4.69) is 10.3 Å². The summed E-state index contributed by atoms with van der Waals surface area (Å²) in [5, 5.41) is 3.97. The predicted octanol–water partition coefficient (Wildman–Crippen LogP) is 1.70. The van der Waals surface area contributed by atoms with Crippen LogP contribution in [0.25, 0.3) is 10.9 Å². The van der Waals surface area contributed by atoms with Crippen LogP contribution >= 0.6 is 0 Å². The van der Waals surface area contributed by atoms with Gasteiger partial charge in [0, 0.05) is 49.3 Å². The van der Waals surface area contributed by atoms with Crippen molar-refractivity contribution in [3.63, 3.8) is 0 Å². The van der Waals surface area contributed by atoms with Crippen LogP contribution in [0, 0.1) is 0 Å². The molecule has 1 aliphatic rings. The number of aromatic amines is 1. The molecule has 1 atom stereocenters. The van der Waals surface area contributed by atoms with Gasteiger partial charge in [0.1, 0.15) is 5.60 Å². The van der Waals surface area contributed by atoms with Gasteiger partial charge in [-0.05, 0) is 24.3 Å². The Balaban J connectivity index is 1.69. The van der Waals surface area contributed by atoms with Crippen LogP contribution in [-0.4, -0.2) is 43.4 Å². The molecule has 20 heavy (non-hydrogen) atoms. The maximum atomic E-state index is 12.2. The lowest BCUT2D eigenvalue weighted by atomic mass is 10.0. The maximum Gasteiger partial charge on any atom is 0.251 e. The van der Waals surface area contributed by atoms with Crippen molar-refractivity contribution in [1.29, 1.82) is 0 Å². The Morgan fingerprint density at radius 1 is 1.50 bits per heavy atom. The summed E-state index contributed by atoms with van der Waals surface area (Å²) < 4.78 is 10.9. The van der Waals surface area contributed by atoms with Crippen molar-refractivity contribution < 1.29 is 14.3 Å². The predicted molar refractivity (Wildman–Crippen MR) is 75.8 cm³/mol. The third-order valence-corrected chi connectivity index (χ3v) is 3.89. The van der Waals surface area contributed by atoms with E-state index in [9.17, 15) is 4.79 Å². The number of carbonyl (C=O) groups is 1. The number of ether oxygens (including phenoxy) is 2. The molecule has 1 fully saturated rings. The van der Waals surface area contributed by atoms with Crippen LogP contribution in [0.1, 0.15) is 16.8 Å². The molecule has 1 unspecified atom stereocenters. The topological polar surface area (TPSA) is 63.3 Å². The van der Waals surface area contributed by atoms with E-state index in [0.29, 0.717) is 25.3 Å². The monoisotopic (exact) mass is 274 g/mol. The molecule has 0 radical (unpaired) electrons. The average molecular weight is 274 g/mol. The van der Waals surface area contributed by atoms with Gasteiger partial charge in [-0.1, -0.05) is 0 Å². The van der Waals surface area contributed by atoms with Gasteiger partial charge >= 0.3 is 0 Å². The van der Waals surface area contributed by atoms with E-state index in [4.69, 9.17) is 9.47 Å². The molecule has 5 heteroatoms. The zero-order valence-corrected chi connectivity index (χ0v) is 11.4. The summed E-state index contributed by atoms with van der Waals surface area (Å²) in [7, 11) is 1.66. The highest BCUT2D eigenvalue weighted by molar-refractivity contribution is 5.98. The van der Waals surface area contributed by atoms with Gasteiger partial charge < -0.3 is 19.8 Å². The smallest absolute Gasteiger partial charge is 0.251 e. The SMILES string of the molecule is COC1(CNC(=O)c2ccc3[nH]ccc3c2)CCOC1. The number of amides is 1. The fraction of sp³-hybridized carbons (Fsp3) is 0.400. The Labute approximate surface area is 117 Å². The molecule has 1 amide bonds. The van der Waals surface area contributed by atoms with Gasteiger partial charge in [0.05, 0.1) is 6.61 Å². The van der Waals surface area contributed by atoms with Crippen molar-refractivity contribution in [1.82, 2.24) is 10.3 Å². The summed E-state index contributed by atoms with van der Waals surface area (Å²) in [6.45, 7) is 1.67. The summed E-state index contributed by atoms with van der Waals surface area (Å²) in [6.07, 6.45) is 2.67. The van der Waals surface area contributed by atoms with Crippen molar-refractivity contribution in [3.8, 4) is 0 Å². The molecule has 0 saturated carbocycles. The molecule has 2 N–H and O–H groups in total. The highest BCUT2D eigenvalue weighted by Crippen LogP contribution is 2.21. The number of benzene rings is 1. The summed E-state index contributed by atoms with van der Waals surface area (Å²) in [6, 6.07) is 7.56. The van der Waals surface area contributed by atoms with Gasteiger partial charge in [-0.3, -0.25) is 4.79 Å². The lowest BCUT2D eigenvalue weighted by Gasteiger charge is -2.25. The van der Waals surface area contributed by atoms with E-state index in [1.54, 1.807) is 7.11 Å². The second-order valence-corrected chi connectivity index (χ2v) is 5.15. The van der Waals surface area contributed by atoms with E-state index in [-0.39, 0.29) is 11.5 Å². The Bertz CT molecular complexity index is 614. The number of hydrogen-bond donors (Lipinski definition) is 2. The third kappa shape index (κ3) is 2.42. The van der Waals surface area contributed by atoms with Gasteiger partial charge in [0.15, 0.2) is 0 Å². The molecule has 1 saturated heterocycles. The van der Waals surface area contributed by atoms with E-state index < -0.39 is 0 Å². The van der Waals surface area contributed by atoms with Crippen LogP contribution in [0.2, 0.25) is 0 Å². The van der Waals surface area contributed by atoms with Crippen LogP contribution < -0.4 is 5.32 Å². The van der Waals surface area contributed by atoms with Crippen LogP contribution in [0.15, 0.2) is 30.5 Å². The summed E-state index contributed by atoms with van der Waals surface area (Å²) in [5.74, 6) is -0.0866. The van der Waals surface area contributed by atoms with Crippen LogP contribution in [0.4, 0.5) is 0 Å². The van der Waals surface area contributed by atoms with E-state index in [1.807, 2.05) is 30.5 Å². The molecule has 0 spiro atoms. The van der Waals surface area contributed by atoms with Crippen molar-refractivity contribution in [3.05, 3.63) is 36.0 Å². The lowest BCUT2D eigenvalue weighted by molar-refractivity contribution is -0.0148. The first kappa shape index (κ1) is 13.1. The Morgan fingerprint density at radius 3 is 3.15 bits per heavy atom. The number of carbonyl (C=O) groups excluding carboxylic acids is 1. The van der Waals surface area contributed by atoms with Gasteiger partial charge in [-0.2, -0.15) is 0 Å². The molecule has 1 aromatic carbocycles. The fourth-order valence-corrected chi connectivity index (χ4v) is 2.50. The molecule has 106 valence electrons. The number of H-pyrrole nitrogens is 1. The number of methoxy groups -OCH3 is 1. The van der Waals surface area contributed by atoms with Crippen molar-refractivity contribution in [2.45, 2.75) is 12.0 Å². The molecule has 2 aromatic rings. The largest absolute Gasteiger partial charge is 0.378 e. The van der Waals surface area contributed by atoms with Gasteiger partial charge in [-0.15, -0.1) is 0 Å². The molecule has 5 nitrogen and oxygen atoms in total. The summed E-state index contributed by atoms with van der Waals surface area (Å²) in [5.41, 5.74) is 1.30. The highest BCUT2D eigenvalue weighted by Gasteiger charge is 2.35. The molecule has 3 rings (SSSR count). The summed E-state index contributed by atoms with van der Waals surface area (Å²) in [4.78, 5) is 15.3. The molecule has 0 aliphatic carbocycles. The Hall–Kier alpha value is -1.85. The Morgan fingerprint density at radius 2 is 2.40 bits per heavy atom. The van der Waals surface area contributed by atoms with Crippen LogP contribution in [0.3, 0.4) is 0 Å². The zero-order valence-electron chi connectivity index (χ0n) is 11.4. The number of rotatable bonds is 4. The molecular weight excluding hydrogens is 256 g/mol. The standard InChI is InChI=1S/C15H18N2O3/c1-19-15(5-7-20-10-15)9-17-14(18)12-2-3-13-11(8-12)4-6-16-13/h2-4,6,8,16H,5,7,9-10H2,1H3,(H,17,18). The van der Waals surface area contributed by atoms with E-state index in [1.165, 1.54) is 0 Å². The van der Waals surface area contributed by atoms with Gasteiger partial charge in [-0.25, -0.2) is 0 Å². The minimum atomic E-state index is -0.381. The average Bonchev–Trinajstić information content (AvgIpc) is 3.13. The Kier molecular flexibility index (Phi) is 3.46. The quantitative estimate of drug-likeness (QED) is 0.892. The van der Waals surface area contributed by atoms with Gasteiger partial charge in [0.2, 0.25) is 0 Å². The number of aromatic nitrogens is 1. The van der Waals surface area contributed by atoms with Gasteiger partial charge in [0.25, 0.3) is 5.91 Å². The van der Waals surface area contributed by atoms with Crippen molar-refractivity contribution in [2.24, 2.45) is 0 Å². The number of hydrogen-bond acceptors (Lipinski definition) is 3. The van der Waals surface area contributed by atoms with Crippen molar-refractivity contribution >= 4 is 16.8 Å². The number of nitrogens with one attached hydrogen (secondary N) is 2. The molecule has 1 aliphatic heterocycles. The second kappa shape index (κ2) is 5.26. The first-order chi connectivity index (χ1) is 9.72. The van der Waals surface area contributed by atoms with E-state index in [0.717, 1.165) is 17.3 Å². The minimum absolute atomic E-state index is 0.0866. The third-order valence-electron chi connectivity index (χ3n) is 3.89. The maximum absolute atomic E-state index is 12.2. The second-order valence-electron chi connectivity index (χ2n) is 5.15. The molecule has 1 aromatic heterocycles. The zero-order chi connectivity index (χ0) is 14.0. The fourth-order valence-electron chi connectivity index (χ4n) is 2.50.